The zero-order chi connectivity index (χ0) is 13.9. The molecule has 1 unspecified atom stereocenters. The molecule has 1 N–H and O–H groups in total. The number of hydrogen-bond acceptors (Lipinski definition) is 5. The number of esters is 1. The highest BCUT2D eigenvalue weighted by atomic mass is 35.5. The van der Waals surface area contributed by atoms with Gasteiger partial charge in [-0.2, -0.15) is 0 Å². The van der Waals surface area contributed by atoms with Gasteiger partial charge in [-0.3, -0.25) is 0 Å². The summed E-state index contributed by atoms with van der Waals surface area (Å²) in [5, 5.41) is 3.13. The minimum Gasteiger partial charge on any atom is -0.467 e. The molecular formula is C11H14ClNO4S. The summed E-state index contributed by atoms with van der Waals surface area (Å²) in [5.41, 5.74) is 0.373. The highest BCUT2D eigenvalue weighted by Crippen LogP contribution is 2.25. The summed E-state index contributed by atoms with van der Waals surface area (Å²) in [4.78, 5) is 11.4. The molecule has 1 atom stereocenters. The lowest BCUT2D eigenvalue weighted by Crippen LogP contribution is -2.27. The van der Waals surface area contributed by atoms with Gasteiger partial charge in [-0.25, -0.2) is 13.2 Å². The van der Waals surface area contributed by atoms with Crippen LogP contribution >= 0.6 is 11.6 Å². The van der Waals surface area contributed by atoms with E-state index in [9.17, 15) is 13.2 Å². The van der Waals surface area contributed by atoms with E-state index < -0.39 is 21.8 Å². The lowest BCUT2D eigenvalue weighted by Gasteiger charge is -2.14. The number of anilines is 1. The predicted octanol–water partition coefficient (Wildman–Crippen LogP) is 1.72. The van der Waals surface area contributed by atoms with E-state index >= 15 is 0 Å². The van der Waals surface area contributed by atoms with E-state index in [4.69, 9.17) is 11.6 Å². The second kappa shape index (κ2) is 5.58. The Labute approximate surface area is 111 Å². The number of methoxy groups -OCH3 is 1. The lowest BCUT2D eigenvalue weighted by atomic mass is 10.2. The molecule has 1 rings (SSSR count). The maximum atomic E-state index is 11.4. The van der Waals surface area contributed by atoms with Crippen molar-refractivity contribution < 1.29 is 17.9 Å². The molecule has 0 radical (unpaired) electrons. The van der Waals surface area contributed by atoms with Crippen LogP contribution in [0.2, 0.25) is 5.02 Å². The topological polar surface area (TPSA) is 72.5 Å². The molecule has 0 aliphatic rings. The van der Waals surface area contributed by atoms with Gasteiger partial charge in [0.05, 0.1) is 22.7 Å². The molecule has 100 valence electrons. The van der Waals surface area contributed by atoms with Crippen LogP contribution in [-0.4, -0.2) is 33.8 Å². The summed E-state index contributed by atoms with van der Waals surface area (Å²) in [6, 6.07) is 3.63. The fraction of sp³-hybridized carbons (Fsp3) is 0.364. The summed E-state index contributed by atoms with van der Waals surface area (Å²) in [6.45, 7) is 1.59. The van der Waals surface area contributed by atoms with Crippen LogP contribution in [0, 0.1) is 0 Å². The summed E-state index contributed by atoms with van der Waals surface area (Å²) < 4.78 is 27.4. The molecule has 0 fully saturated rings. The van der Waals surface area contributed by atoms with Crippen molar-refractivity contribution in [3.63, 3.8) is 0 Å². The van der Waals surface area contributed by atoms with Crippen molar-refractivity contribution in [2.75, 3.05) is 18.7 Å². The molecule has 0 aromatic heterocycles. The normalized spacial score (nSPS) is 12.9. The Morgan fingerprint density at radius 3 is 2.56 bits per heavy atom. The van der Waals surface area contributed by atoms with Crippen molar-refractivity contribution in [2.45, 2.75) is 17.9 Å². The number of benzene rings is 1. The first-order valence-corrected chi connectivity index (χ1v) is 7.36. The number of hydrogen-bond donors (Lipinski definition) is 1. The number of nitrogens with one attached hydrogen (secondary N) is 1. The van der Waals surface area contributed by atoms with E-state index in [1.165, 1.54) is 25.3 Å². The van der Waals surface area contributed by atoms with Crippen molar-refractivity contribution in [1.82, 2.24) is 0 Å². The van der Waals surface area contributed by atoms with E-state index in [2.05, 4.69) is 10.1 Å². The molecule has 0 saturated carbocycles. The van der Waals surface area contributed by atoms with Gasteiger partial charge in [-0.05, 0) is 25.1 Å². The molecular weight excluding hydrogens is 278 g/mol. The maximum absolute atomic E-state index is 11.4. The third-order valence-electron chi connectivity index (χ3n) is 2.29. The van der Waals surface area contributed by atoms with E-state index in [1.807, 2.05) is 0 Å². The van der Waals surface area contributed by atoms with Crippen LogP contribution < -0.4 is 5.32 Å². The van der Waals surface area contributed by atoms with E-state index in [1.54, 1.807) is 6.92 Å². The van der Waals surface area contributed by atoms with Crippen molar-refractivity contribution in [1.29, 1.82) is 0 Å². The van der Waals surface area contributed by atoms with Gasteiger partial charge in [0.2, 0.25) is 0 Å². The number of carbonyl (C=O) groups is 1. The Kier molecular flexibility index (Phi) is 4.59. The monoisotopic (exact) mass is 291 g/mol. The third kappa shape index (κ3) is 3.61. The first-order chi connectivity index (χ1) is 8.25. The molecule has 0 bridgehead atoms. The molecule has 7 heteroatoms. The summed E-state index contributed by atoms with van der Waals surface area (Å²) in [7, 11) is -2.05. The third-order valence-corrected chi connectivity index (χ3v) is 3.73. The summed E-state index contributed by atoms with van der Waals surface area (Å²) in [6.07, 6.45) is 1.10. The Morgan fingerprint density at radius 2 is 2.06 bits per heavy atom. The van der Waals surface area contributed by atoms with Crippen molar-refractivity contribution in [3.8, 4) is 0 Å². The molecule has 5 nitrogen and oxygen atoms in total. The fourth-order valence-corrected chi connectivity index (χ4v) is 2.13. The number of sulfone groups is 1. The average Bonchev–Trinajstić information content (AvgIpc) is 2.29. The largest absolute Gasteiger partial charge is 0.467 e. The zero-order valence-corrected chi connectivity index (χ0v) is 11.8. The zero-order valence-electron chi connectivity index (χ0n) is 10.2. The van der Waals surface area contributed by atoms with Crippen molar-refractivity contribution in [2.24, 2.45) is 0 Å². The molecule has 1 aromatic rings. The van der Waals surface area contributed by atoms with Gasteiger partial charge in [0.1, 0.15) is 6.04 Å². The molecule has 0 saturated heterocycles. The standard InChI is InChI=1S/C11H14ClNO4S/c1-7(11(14)17-2)13-10-6-8(18(3,15)16)4-5-9(10)12/h4-7,13H,1-3H3. The van der Waals surface area contributed by atoms with Gasteiger partial charge in [0, 0.05) is 6.26 Å². The first kappa shape index (κ1) is 14.8. The fourth-order valence-electron chi connectivity index (χ4n) is 1.31. The quantitative estimate of drug-likeness (QED) is 0.855. The predicted molar refractivity (Wildman–Crippen MR) is 69.7 cm³/mol. The number of ether oxygens (including phenoxy) is 1. The lowest BCUT2D eigenvalue weighted by molar-refractivity contribution is -0.141. The molecule has 0 heterocycles. The van der Waals surface area contributed by atoms with E-state index in [0.717, 1.165) is 6.26 Å². The van der Waals surface area contributed by atoms with E-state index in [0.29, 0.717) is 10.7 Å². The smallest absolute Gasteiger partial charge is 0.327 e. The van der Waals surface area contributed by atoms with Crippen LogP contribution in [0.25, 0.3) is 0 Å². The van der Waals surface area contributed by atoms with Crippen LogP contribution in [0.3, 0.4) is 0 Å². The van der Waals surface area contributed by atoms with Crippen LogP contribution in [0.1, 0.15) is 6.92 Å². The summed E-state index contributed by atoms with van der Waals surface area (Å²) >= 11 is 5.93. The second-order valence-corrected chi connectivity index (χ2v) is 6.23. The molecule has 0 spiro atoms. The molecule has 1 aromatic carbocycles. The minimum atomic E-state index is -3.32. The number of rotatable bonds is 4. The highest BCUT2D eigenvalue weighted by molar-refractivity contribution is 7.90. The Morgan fingerprint density at radius 1 is 1.44 bits per heavy atom. The average molecular weight is 292 g/mol. The Balaban J connectivity index is 3.06. The number of carbonyl (C=O) groups excluding carboxylic acids is 1. The molecule has 0 aliphatic carbocycles. The van der Waals surface area contributed by atoms with Gasteiger partial charge in [0.15, 0.2) is 9.84 Å². The van der Waals surface area contributed by atoms with E-state index in [-0.39, 0.29) is 4.90 Å². The van der Waals surface area contributed by atoms with Gasteiger partial charge in [0.25, 0.3) is 0 Å². The molecule has 18 heavy (non-hydrogen) atoms. The molecule has 0 aliphatic heterocycles. The van der Waals surface area contributed by atoms with Crippen LogP contribution in [0.15, 0.2) is 23.1 Å². The Hall–Kier alpha value is -1.27. The minimum absolute atomic E-state index is 0.131. The first-order valence-electron chi connectivity index (χ1n) is 5.09. The van der Waals surface area contributed by atoms with Crippen LogP contribution in [0.4, 0.5) is 5.69 Å². The van der Waals surface area contributed by atoms with Crippen LogP contribution in [0.5, 0.6) is 0 Å². The van der Waals surface area contributed by atoms with Gasteiger partial charge < -0.3 is 10.1 Å². The maximum Gasteiger partial charge on any atom is 0.327 e. The van der Waals surface area contributed by atoms with Crippen molar-refractivity contribution >= 4 is 33.1 Å². The van der Waals surface area contributed by atoms with Crippen LogP contribution in [-0.2, 0) is 19.4 Å². The second-order valence-electron chi connectivity index (χ2n) is 3.80. The van der Waals surface area contributed by atoms with Gasteiger partial charge in [-0.15, -0.1) is 0 Å². The Bertz CT molecular complexity index is 556. The SMILES string of the molecule is COC(=O)C(C)Nc1cc(S(C)(=O)=O)ccc1Cl. The highest BCUT2D eigenvalue weighted by Gasteiger charge is 2.16. The molecule has 0 amide bonds. The van der Waals surface area contributed by atoms with Crippen molar-refractivity contribution in [3.05, 3.63) is 23.2 Å². The van der Waals surface area contributed by atoms with Gasteiger partial charge >= 0.3 is 5.97 Å². The number of halogens is 1. The summed E-state index contributed by atoms with van der Waals surface area (Å²) in [5.74, 6) is -0.462. The van der Waals surface area contributed by atoms with Gasteiger partial charge in [-0.1, -0.05) is 11.6 Å².